The molecule has 0 radical (unpaired) electrons. The van der Waals surface area contributed by atoms with E-state index >= 15 is 0 Å². The molecule has 1 rings (SSSR count). The van der Waals surface area contributed by atoms with Crippen LogP contribution >= 0.6 is 0 Å². The van der Waals surface area contributed by atoms with Crippen LogP contribution in [0.15, 0.2) is 18.2 Å². The highest BCUT2D eigenvalue weighted by Gasteiger charge is 2.20. The zero-order valence-corrected chi connectivity index (χ0v) is 11.0. The number of aryl methyl sites for hydroxylation is 2. The summed E-state index contributed by atoms with van der Waals surface area (Å²) in [6, 6.07) is 5.05. The summed E-state index contributed by atoms with van der Waals surface area (Å²) in [6.45, 7) is 5.60. The fourth-order valence-corrected chi connectivity index (χ4v) is 1.74. The van der Waals surface area contributed by atoms with Crippen molar-refractivity contribution in [1.29, 1.82) is 0 Å². The van der Waals surface area contributed by atoms with E-state index in [9.17, 15) is 9.59 Å². The van der Waals surface area contributed by atoms with Gasteiger partial charge < -0.3 is 10.4 Å². The molecule has 0 saturated carbocycles. The van der Waals surface area contributed by atoms with Gasteiger partial charge in [-0.05, 0) is 25.0 Å². The normalized spacial score (nSPS) is 11.9. The Labute approximate surface area is 107 Å². The minimum absolute atomic E-state index is 0.243. The molecule has 1 unspecified atom stereocenters. The van der Waals surface area contributed by atoms with Gasteiger partial charge in [0, 0.05) is 12.8 Å². The number of carbonyl (C=O) groups is 2. The Morgan fingerprint density at radius 3 is 2.56 bits per heavy atom. The lowest BCUT2D eigenvalue weighted by molar-refractivity contribution is -0.141. The molecule has 0 fully saturated rings. The number of aliphatic carboxylic acids is 1. The smallest absolute Gasteiger partial charge is 0.326 e. The van der Waals surface area contributed by atoms with Crippen LogP contribution < -0.4 is 5.32 Å². The molecule has 0 saturated heterocycles. The Morgan fingerprint density at radius 2 is 2.00 bits per heavy atom. The van der Waals surface area contributed by atoms with Crippen LogP contribution in [0, 0.1) is 13.8 Å². The SMILES string of the molecule is CCC(=O)NC(Cc1cc(C)ccc1C)C(=O)O. The standard InChI is InChI=1S/C14H19NO3/c1-4-13(16)15-12(14(17)18)8-11-7-9(2)5-6-10(11)3/h5-7,12H,4,8H2,1-3H3,(H,15,16)(H,17,18). The predicted molar refractivity (Wildman–Crippen MR) is 69.5 cm³/mol. The van der Waals surface area contributed by atoms with Gasteiger partial charge in [-0.25, -0.2) is 4.79 Å². The van der Waals surface area contributed by atoms with E-state index in [2.05, 4.69) is 5.32 Å². The zero-order valence-electron chi connectivity index (χ0n) is 11.0. The van der Waals surface area contributed by atoms with E-state index in [4.69, 9.17) is 5.11 Å². The Kier molecular flexibility index (Phi) is 4.89. The first kappa shape index (κ1) is 14.2. The van der Waals surface area contributed by atoms with Gasteiger partial charge >= 0.3 is 5.97 Å². The predicted octanol–water partition coefficient (Wildman–Crippen LogP) is 1.83. The summed E-state index contributed by atoms with van der Waals surface area (Å²) in [7, 11) is 0. The second-order valence-electron chi connectivity index (χ2n) is 4.45. The second-order valence-corrected chi connectivity index (χ2v) is 4.45. The van der Waals surface area contributed by atoms with Crippen molar-refractivity contribution in [3.05, 3.63) is 34.9 Å². The Morgan fingerprint density at radius 1 is 1.33 bits per heavy atom. The minimum atomic E-state index is -1.00. The molecule has 0 aromatic heterocycles. The molecule has 98 valence electrons. The minimum Gasteiger partial charge on any atom is -0.480 e. The number of rotatable bonds is 5. The number of nitrogens with one attached hydrogen (secondary N) is 1. The molecule has 0 aliphatic carbocycles. The van der Waals surface area contributed by atoms with Crippen LogP contribution in [-0.4, -0.2) is 23.0 Å². The third-order valence-electron chi connectivity index (χ3n) is 2.88. The number of carboxylic acid groups (broad SMARTS) is 1. The van der Waals surface area contributed by atoms with Crippen LogP contribution in [0.2, 0.25) is 0 Å². The highest BCUT2D eigenvalue weighted by atomic mass is 16.4. The van der Waals surface area contributed by atoms with Crippen molar-refractivity contribution in [2.45, 2.75) is 39.7 Å². The van der Waals surface area contributed by atoms with Crippen molar-refractivity contribution in [3.8, 4) is 0 Å². The van der Waals surface area contributed by atoms with Gasteiger partial charge in [-0.3, -0.25) is 4.79 Å². The first-order chi connectivity index (χ1) is 8.43. The van der Waals surface area contributed by atoms with Gasteiger partial charge in [0.05, 0.1) is 0 Å². The lowest BCUT2D eigenvalue weighted by Crippen LogP contribution is -2.42. The van der Waals surface area contributed by atoms with Crippen LogP contribution in [0.5, 0.6) is 0 Å². The van der Waals surface area contributed by atoms with Crippen molar-refractivity contribution >= 4 is 11.9 Å². The molecule has 1 aromatic rings. The highest BCUT2D eigenvalue weighted by molar-refractivity contribution is 5.83. The first-order valence-corrected chi connectivity index (χ1v) is 6.02. The van der Waals surface area contributed by atoms with E-state index < -0.39 is 12.0 Å². The molecule has 1 amide bonds. The summed E-state index contributed by atoms with van der Waals surface area (Å²) >= 11 is 0. The van der Waals surface area contributed by atoms with E-state index in [0.29, 0.717) is 6.42 Å². The van der Waals surface area contributed by atoms with Crippen molar-refractivity contribution in [2.24, 2.45) is 0 Å². The molecule has 0 aliphatic heterocycles. The van der Waals surface area contributed by atoms with Crippen LogP contribution in [0.25, 0.3) is 0 Å². The van der Waals surface area contributed by atoms with Gasteiger partial charge in [0.1, 0.15) is 6.04 Å². The van der Waals surface area contributed by atoms with Gasteiger partial charge in [0.25, 0.3) is 0 Å². The van der Waals surface area contributed by atoms with Gasteiger partial charge in [0.15, 0.2) is 0 Å². The third kappa shape index (κ3) is 3.87. The molecule has 2 N–H and O–H groups in total. The van der Waals surface area contributed by atoms with Crippen LogP contribution in [-0.2, 0) is 16.0 Å². The van der Waals surface area contributed by atoms with Crippen LogP contribution in [0.3, 0.4) is 0 Å². The maximum Gasteiger partial charge on any atom is 0.326 e. The summed E-state index contributed by atoms with van der Waals surface area (Å²) in [5.41, 5.74) is 3.08. The molecule has 0 heterocycles. The van der Waals surface area contributed by atoms with Crippen molar-refractivity contribution in [2.75, 3.05) is 0 Å². The molecule has 0 aliphatic rings. The van der Waals surface area contributed by atoms with Crippen molar-refractivity contribution in [3.63, 3.8) is 0 Å². The topological polar surface area (TPSA) is 66.4 Å². The fraction of sp³-hybridized carbons (Fsp3) is 0.429. The number of carboxylic acids is 1. The number of hydrogen-bond acceptors (Lipinski definition) is 2. The maximum atomic E-state index is 11.3. The van der Waals surface area contributed by atoms with Gasteiger partial charge in [-0.2, -0.15) is 0 Å². The lowest BCUT2D eigenvalue weighted by Gasteiger charge is -2.16. The quantitative estimate of drug-likeness (QED) is 0.836. The average molecular weight is 249 g/mol. The summed E-state index contributed by atoms with van der Waals surface area (Å²) in [4.78, 5) is 22.4. The van der Waals surface area contributed by atoms with Gasteiger partial charge in [-0.1, -0.05) is 30.7 Å². The number of amides is 1. The Balaban J connectivity index is 2.86. The molecular weight excluding hydrogens is 230 g/mol. The second kappa shape index (κ2) is 6.19. The van der Waals surface area contributed by atoms with Gasteiger partial charge in [0.2, 0.25) is 5.91 Å². The molecule has 18 heavy (non-hydrogen) atoms. The summed E-state index contributed by atoms with van der Waals surface area (Å²) < 4.78 is 0. The molecular formula is C14H19NO3. The molecule has 0 bridgehead atoms. The molecule has 4 heteroatoms. The third-order valence-corrected chi connectivity index (χ3v) is 2.88. The van der Waals surface area contributed by atoms with E-state index in [1.165, 1.54) is 0 Å². The van der Waals surface area contributed by atoms with Crippen molar-refractivity contribution in [1.82, 2.24) is 5.32 Å². The Bertz CT molecular complexity index is 454. The first-order valence-electron chi connectivity index (χ1n) is 6.02. The number of benzene rings is 1. The largest absolute Gasteiger partial charge is 0.480 e. The van der Waals surface area contributed by atoms with Crippen molar-refractivity contribution < 1.29 is 14.7 Å². The molecule has 0 spiro atoms. The molecule has 4 nitrogen and oxygen atoms in total. The molecule has 1 aromatic carbocycles. The fourth-order valence-electron chi connectivity index (χ4n) is 1.74. The highest BCUT2D eigenvalue weighted by Crippen LogP contribution is 2.13. The molecule has 1 atom stereocenters. The van der Waals surface area contributed by atoms with E-state index in [0.717, 1.165) is 16.7 Å². The zero-order chi connectivity index (χ0) is 13.7. The van der Waals surface area contributed by atoms with Crippen LogP contribution in [0.4, 0.5) is 0 Å². The van der Waals surface area contributed by atoms with E-state index in [1.54, 1.807) is 6.92 Å². The maximum absolute atomic E-state index is 11.3. The number of hydrogen-bond donors (Lipinski definition) is 2. The van der Waals surface area contributed by atoms with Gasteiger partial charge in [-0.15, -0.1) is 0 Å². The number of carbonyl (C=O) groups excluding carboxylic acids is 1. The Hall–Kier alpha value is -1.84. The summed E-state index contributed by atoms with van der Waals surface area (Å²) in [5.74, 6) is -1.24. The van der Waals surface area contributed by atoms with E-state index in [1.807, 2.05) is 32.0 Å². The van der Waals surface area contributed by atoms with E-state index in [-0.39, 0.29) is 12.3 Å². The summed E-state index contributed by atoms with van der Waals surface area (Å²) in [5, 5.41) is 11.6. The monoisotopic (exact) mass is 249 g/mol. The summed E-state index contributed by atoms with van der Waals surface area (Å²) in [6.07, 6.45) is 0.602. The van der Waals surface area contributed by atoms with Crippen LogP contribution in [0.1, 0.15) is 30.0 Å². The lowest BCUT2D eigenvalue weighted by atomic mass is 9.99. The average Bonchev–Trinajstić information content (AvgIpc) is 2.32.